The molecular weight excluding hydrogens is 314 g/mol. The van der Waals surface area contributed by atoms with E-state index >= 15 is 0 Å². The highest BCUT2D eigenvalue weighted by atomic mass is 16.5. The minimum Gasteiger partial charge on any atom is -0.477 e. The van der Waals surface area contributed by atoms with E-state index in [-0.39, 0.29) is 17.8 Å². The Balaban J connectivity index is 2.12. The van der Waals surface area contributed by atoms with Gasteiger partial charge in [0.15, 0.2) is 0 Å². The van der Waals surface area contributed by atoms with Crippen LogP contribution in [0.15, 0.2) is 39.9 Å². The molecule has 126 valence electrons. The van der Waals surface area contributed by atoms with Crippen molar-refractivity contribution < 1.29 is 14.6 Å². The van der Waals surface area contributed by atoms with Crippen molar-refractivity contribution in [2.45, 2.75) is 6.54 Å². The van der Waals surface area contributed by atoms with Gasteiger partial charge in [0.05, 0.1) is 24.5 Å². The molecule has 0 unspecified atom stereocenters. The molecule has 0 amide bonds. The van der Waals surface area contributed by atoms with Crippen LogP contribution in [-0.4, -0.2) is 51.8 Å². The SMILES string of the molecule is O=C(O)c1[nH]c(=O)n(-c2ccccc2)c(=O)c1CN1CCOCC1. The summed E-state index contributed by atoms with van der Waals surface area (Å²) >= 11 is 0. The monoisotopic (exact) mass is 331 g/mol. The first-order valence-corrected chi connectivity index (χ1v) is 7.55. The van der Waals surface area contributed by atoms with Crippen LogP contribution in [-0.2, 0) is 11.3 Å². The second-order valence-electron chi connectivity index (χ2n) is 5.45. The van der Waals surface area contributed by atoms with Gasteiger partial charge in [0.25, 0.3) is 5.56 Å². The molecule has 2 heterocycles. The minimum absolute atomic E-state index is 0.0628. The molecule has 1 aliphatic rings. The van der Waals surface area contributed by atoms with Gasteiger partial charge in [-0.15, -0.1) is 0 Å². The first kappa shape index (κ1) is 16.2. The first-order valence-electron chi connectivity index (χ1n) is 7.55. The number of nitrogens with zero attached hydrogens (tertiary/aromatic N) is 2. The lowest BCUT2D eigenvalue weighted by Gasteiger charge is -2.26. The van der Waals surface area contributed by atoms with E-state index < -0.39 is 17.2 Å². The molecule has 8 nitrogen and oxygen atoms in total. The molecular formula is C16H17N3O5. The van der Waals surface area contributed by atoms with Crippen molar-refractivity contribution in [1.82, 2.24) is 14.5 Å². The molecule has 0 atom stereocenters. The standard InChI is InChI=1S/C16H17N3O5/c20-14-12(10-18-6-8-24-9-7-18)13(15(21)22)17-16(23)19(14)11-4-2-1-3-5-11/h1-5H,6-10H2,(H,17,23)(H,21,22). The number of H-pyrrole nitrogens is 1. The number of para-hydroxylation sites is 1. The zero-order chi connectivity index (χ0) is 17.1. The average Bonchev–Trinajstić information content (AvgIpc) is 2.59. The quantitative estimate of drug-likeness (QED) is 0.821. The Labute approximate surface area is 136 Å². The summed E-state index contributed by atoms with van der Waals surface area (Å²) in [7, 11) is 0. The number of nitrogens with one attached hydrogen (secondary N) is 1. The third-order valence-electron chi connectivity index (χ3n) is 3.91. The van der Waals surface area contributed by atoms with E-state index in [0.29, 0.717) is 32.0 Å². The summed E-state index contributed by atoms with van der Waals surface area (Å²) in [5.74, 6) is -1.33. The summed E-state index contributed by atoms with van der Waals surface area (Å²) in [6.45, 7) is 2.40. The molecule has 1 saturated heterocycles. The largest absolute Gasteiger partial charge is 0.477 e. The summed E-state index contributed by atoms with van der Waals surface area (Å²) in [6, 6.07) is 8.41. The molecule has 24 heavy (non-hydrogen) atoms. The van der Waals surface area contributed by atoms with Crippen molar-refractivity contribution in [3.8, 4) is 5.69 Å². The second-order valence-corrected chi connectivity index (χ2v) is 5.45. The zero-order valence-corrected chi connectivity index (χ0v) is 12.9. The van der Waals surface area contributed by atoms with Crippen molar-refractivity contribution in [2.24, 2.45) is 0 Å². The average molecular weight is 331 g/mol. The maximum Gasteiger partial charge on any atom is 0.352 e. The summed E-state index contributed by atoms with van der Waals surface area (Å²) in [5.41, 5.74) is -1.29. The Morgan fingerprint density at radius 2 is 1.83 bits per heavy atom. The van der Waals surface area contributed by atoms with Gasteiger partial charge in [-0.3, -0.25) is 9.69 Å². The number of carbonyl (C=O) groups is 1. The Morgan fingerprint density at radius 3 is 2.46 bits per heavy atom. The first-order chi connectivity index (χ1) is 11.6. The normalized spacial score (nSPS) is 15.3. The lowest BCUT2D eigenvalue weighted by atomic mass is 10.2. The predicted octanol–water partition coefficient (Wildman–Crippen LogP) is 0.0562. The lowest BCUT2D eigenvalue weighted by molar-refractivity contribution is 0.0336. The molecule has 1 fully saturated rings. The van der Waals surface area contributed by atoms with Gasteiger partial charge in [-0.2, -0.15) is 0 Å². The van der Waals surface area contributed by atoms with E-state index in [1.807, 2.05) is 4.90 Å². The van der Waals surface area contributed by atoms with E-state index in [9.17, 15) is 19.5 Å². The van der Waals surface area contributed by atoms with Crippen LogP contribution in [0.4, 0.5) is 0 Å². The van der Waals surface area contributed by atoms with Gasteiger partial charge in [-0.1, -0.05) is 18.2 Å². The summed E-state index contributed by atoms with van der Waals surface area (Å²) < 4.78 is 6.22. The van der Waals surface area contributed by atoms with E-state index in [1.165, 1.54) is 0 Å². The van der Waals surface area contributed by atoms with Crippen LogP contribution in [0, 0.1) is 0 Å². The molecule has 1 aromatic heterocycles. The topological polar surface area (TPSA) is 105 Å². The zero-order valence-electron chi connectivity index (χ0n) is 12.9. The van der Waals surface area contributed by atoms with Crippen molar-refractivity contribution in [3.63, 3.8) is 0 Å². The highest BCUT2D eigenvalue weighted by Gasteiger charge is 2.22. The van der Waals surface area contributed by atoms with Gasteiger partial charge >= 0.3 is 11.7 Å². The van der Waals surface area contributed by atoms with Crippen LogP contribution < -0.4 is 11.2 Å². The van der Waals surface area contributed by atoms with Crippen molar-refractivity contribution in [2.75, 3.05) is 26.3 Å². The molecule has 0 spiro atoms. The number of hydrogen-bond acceptors (Lipinski definition) is 5. The number of carboxylic acids is 1. The van der Waals surface area contributed by atoms with Gasteiger partial charge in [-0.05, 0) is 12.1 Å². The Morgan fingerprint density at radius 1 is 1.17 bits per heavy atom. The number of ether oxygens (including phenoxy) is 1. The highest BCUT2D eigenvalue weighted by Crippen LogP contribution is 2.08. The van der Waals surface area contributed by atoms with Gasteiger partial charge in [0, 0.05) is 19.6 Å². The lowest BCUT2D eigenvalue weighted by Crippen LogP contribution is -2.42. The molecule has 2 N–H and O–H groups in total. The fraction of sp³-hybridized carbons (Fsp3) is 0.312. The molecule has 1 aliphatic heterocycles. The Kier molecular flexibility index (Phi) is 4.59. The summed E-state index contributed by atoms with van der Waals surface area (Å²) in [5, 5.41) is 9.34. The van der Waals surface area contributed by atoms with Gasteiger partial charge < -0.3 is 14.8 Å². The Bertz CT molecular complexity index is 850. The predicted molar refractivity (Wildman–Crippen MR) is 85.7 cm³/mol. The fourth-order valence-corrected chi connectivity index (χ4v) is 2.70. The van der Waals surface area contributed by atoms with E-state index in [0.717, 1.165) is 4.57 Å². The molecule has 0 radical (unpaired) electrons. The molecule has 0 saturated carbocycles. The minimum atomic E-state index is -1.33. The highest BCUT2D eigenvalue weighted by molar-refractivity contribution is 5.86. The number of morpholine rings is 1. The fourth-order valence-electron chi connectivity index (χ4n) is 2.70. The molecule has 3 rings (SSSR count). The van der Waals surface area contributed by atoms with Gasteiger partial charge in [0.1, 0.15) is 5.69 Å². The number of hydrogen-bond donors (Lipinski definition) is 2. The number of aromatic amines is 1. The number of carboxylic acid groups (broad SMARTS) is 1. The molecule has 0 aliphatic carbocycles. The maximum absolute atomic E-state index is 12.8. The number of aromatic carboxylic acids is 1. The number of rotatable bonds is 4. The van der Waals surface area contributed by atoms with Crippen molar-refractivity contribution >= 4 is 5.97 Å². The molecule has 8 heteroatoms. The second kappa shape index (κ2) is 6.81. The molecule has 2 aromatic rings. The Hall–Kier alpha value is -2.71. The van der Waals surface area contributed by atoms with Gasteiger partial charge in [0.2, 0.25) is 0 Å². The van der Waals surface area contributed by atoms with Crippen LogP contribution in [0.5, 0.6) is 0 Å². The molecule has 1 aromatic carbocycles. The van der Waals surface area contributed by atoms with Crippen molar-refractivity contribution in [3.05, 3.63) is 62.4 Å². The van der Waals surface area contributed by atoms with E-state index in [2.05, 4.69) is 4.98 Å². The van der Waals surface area contributed by atoms with E-state index in [4.69, 9.17) is 4.74 Å². The van der Waals surface area contributed by atoms with Crippen LogP contribution in [0.25, 0.3) is 5.69 Å². The van der Waals surface area contributed by atoms with Crippen LogP contribution in [0.1, 0.15) is 16.1 Å². The number of benzene rings is 1. The maximum atomic E-state index is 12.8. The number of aromatic nitrogens is 2. The van der Waals surface area contributed by atoms with Gasteiger partial charge in [-0.25, -0.2) is 14.2 Å². The summed E-state index contributed by atoms with van der Waals surface area (Å²) in [4.78, 5) is 40.7. The van der Waals surface area contributed by atoms with Crippen LogP contribution >= 0.6 is 0 Å². The van der Waals surface area contributed by atoms with Crippen molar-refractivity contribution in [1.29, 1.82) is 0 Å². The third kappa shape index (κ3) is 3.15. The molecule has 0 bridgehead atoms. The third-order valence-corrected chi connectivity index (χ3v) is 3.91. The van der Waals surface area contributed by atoms with Crippen LogP contribution in [0.3, 0.4) is 0 Å². The summed E-state index contributed by atoms with van der Waals surface area (Å²) in [6.07, 6.45) is 0. The van der Waals surface area contributed by atoms with E-state index in [1.54, 1.807) is 30.3 Å². The smallest absolute Gasteiger partial charge is 0.352 e. The van der Waals surface area contributed by atoms with Crippen LogP contribution in [0.2, 0.25) is 0 Å².